The molecule has 0 aliphatic rings. The molecule has 0 saturated heterocycles. The van der Waals surface area contributed by atoms with Gasteiger partial charge in [-0.1, -0.05) is 39.0 Å². The maximum absolute atomic E-state index is 10.5. The number of rotatable bonds is 7. The highest BCUT2D eigenvalue weighted by Gasteiger charge is 1.92. The second kappa shape index (κ2) is 15.1. The van der Waals surface area contributed by atoms with Crippen molar-refractivity contribution in [3.63, 3.8) is 0 Å². The second-order valence-corrected chi connectivity index (χ2v) is 3.54. The van der Waals surface area contributed by atoms with E-state index in [9.17, 15) is 4.79 Å². The molecule has 0 radical (unpaired) electrons. The Morgan fingerprint density at radius 1 is 1.00 bits per heavy atom. The lowest BCUT2D eigenvalue weighted by molar-refractivity contribution is -0.117. The van der Waals surface area contributed by atoms with Crippen LogP contribution in [0.3, 0.4) is 0 Å². The van der Waals surface area contributed by atoms with Crippen LogP contribution in [0.5, 0.6) is 0 Å². The predicted molar refractivity (Wildman–Crippen MR) is 61.4 cm³/mol. The zero-order valence-corrected chi connectivity index (χ0v) is 10.0. The molecule has 0 heterocycles. The summed E-state index contributed by atoms with van der Waals surface area (Å²) in [5.41, 5.74) is 0. The second-order valence-electron chi connectivity index (χ2n) is 3.54. The first-order valence-electron chi connectivity index (χ1n) is 5.79. The highest BCUT2D eigenvalue weighted by Crippen LogP contribution is 2.06. The van der Waals surface area contributed by atoms with Gasteiger partial charge in [0.2, 0.25) is 0 Å². The van der Waals surface area contributed by atoms with Crippen LogP contribution < -0.4 is 0 Å². The summed E-state index contributed by atoms with van der Waals surface area (Å²) < 4.78 is 0. The van der Waals surface area contributed by atoms with E-state index in [2.05, 4.69) is 6.92 Å². The molecule has 0 unspecified atom stereocenters. The molecule has 0 aliphatic heterocycles. The molecule has 0 aromatic heterocycles. The van der Waals surface area contributed by atoms with Gasteiger partial charge in [-0.05, 0) is 20.3 Å². The zero-order valence-electron chi connectivity index (χ0n) is 10.0. The van der Waals surface area contributed by atoms with Crippen molar-refractivity contribution in [1.29, 1.82) is 0 Å². The first-order chi connectivity index (χ1) is 6.68. The van der Waals surface area contributed by atoms with Gasteiger partial charge in [-0.2, -0.15) is 0 Å². The third kappa shape index (κ3) is 22.6. The van der Waals surface area contributed by atoms with E-state index in [1.54, 1.807) is 13.8 Å². The molecule has 0 atom stereocenters. The first-order valence-corrected chi connectivity index (χ1v) is 5.79. The van der Waals surface area contributed by atoms with Gasteiger partial charge in [0, 0.05) is 13.0 Å². The molecule has 0 fully saturated rings. The van der Waals surface area contributed by atoms with Crippen LogP contribution in [-0.2, 0) is 4.79 Å². The average molecular weight is 202 g/mol. The maximum atomic E-state index is 10.5. The Labute approximate surface area is 88.7 Å². The molecule has 0 aromatic carbocycles. The number of hydrogen-bond donors (Lipinski definition) is 1. The molecule has 0 saturated carbocycles. The molecule has 0 aromatic rings. The monoisotopic (exact) mass is 202 g/mol. The van der Waals surface area contributed by atoms with E-state index in [0.29, 0.717) is 5.78 Å². The fourth-order valence-corrected chi connectivity index (χ4v) is 1.15. The quantitative estimate of drug-likeness (QED) is 0.643. The van der Waals surface area contributed by atoms with E-state index in [4.69, 9.17) is 5.11 Å². The van der Waals surface area contributed by atoms with E-state index < -0.39 is 0 Å². The smallest absolute Gasteiger partial charge is 0.129 e. The van der Waals surface area contributed by atoms with Crippen molar-refractivity contribution in [2.24, 2.45) is 0 Å². The maximum Gasteiger partial charge on any atom is 0.129 e. The number of hydrogen-bond acceptors (Lipinski definition) is 2. The lowest BCUT2D eigenvalue weighted by Gasteiger charge is -1.97. The number of Topliss-reactive ketones (excluding diaryl/α,β-unsaturated/α-hetero) is 1. The summed E-state index contributed by atoms with van der Waals surface area (Å²) in [7, 11) is 0. The van der Waals surface area contributed by atoms with Crippen molar-refractivity contribution < 1.29 is 9.90 Å². The number of ketones is 1. The highest BCUT2D eigenvalue weighted by molar-refractivity contribution is 5.75. The third-order valence-electron chi connectivity index (χ3n) is 1.88. The molecular formula is C12H26O2. The number of aliphatic hydroxyl groups excluding tert-OH is 1. The van der Waals surface area contributed by atoms with E-state index in [1.807, 2.05) is 0 Å². The molecule has 2 nitrogen and oxygen atoms in total. The van der Waals surface area contributed by atoms with Crippen LogP contribution in [0.1, 0.15) is 65.7 Å². The van der Waals surface area contributed by atoms with E-state index >= 15 is 0 Å². The Balaban J connectivity index is 0. The average Bonchev–Trinajstić information content (AvgIpc) is 2.12. The third-order valence-corrected chi connectivity index (χ3v) is 1.88. The number of unbranched alkanes of at least 4 members (excludes halogenated alkanes) is 5. The van der Waals surface area contributed by atoms with Crippen LogP contribution in [0.4, 0.5) is 0 Å². The van der Waals surface area contributed by atoms with Crippen LogP contribution in [0, 0.1) is 0 Å². The van der Waals surface area contributed by atoms with Gasteiger partial charge in [0.25, 0.3) is 0 Å². The van der Waals surface area contributed by atoms with Crippen molar-refractivity contribution >= 4 is 5.78 Å². The molecule has 0 aliphatic carbocycles. The van der Waals surface area contributed by atoms with Crippen LogP contribution in [0.2, 0.25) is 0 Å². The summed E-state index contributed by atoms with van der Waals surface area (Å²) in [6.07, 6.45) is 8.41. The molecule has 0 bridgehead atoms. The number of carbonyl (C=O) groups is 1. The van der Waals surface area contributed by atoms with Crippen LogP contribution in [-0.4, -0.2) is 17.5 Å². The van der Waals surface area contributed by atoms with Crippen molar-refractivity contribution in [2.75, 3.05) is 6.61 Å². The summed E-state index contributed by atoms with van der Waals surface area (Å²) in [6, 6.07) is 0. The fourth-order valence-electron chi connectivity index (χ4n) is 1.15. The first kappa shape index (κ1) is 16.1. The Morgan fingerprint density at radius 2 is 1.43 bits per heavy atom. The van der Waals surface area contributed by atoms with Gasteiger partial charge in [-0.3, -0.25) is 0 Å². The van der Waals surface area contributed by atoms with Gasteiger partial charge in [0.15, 0.2) is 0 Å². The molecule has 0 spiro atoms. The predicted octanol–water partition coefficient (Wildman–Crippen LogP) is 3.32. The largest absolute Gasteiger partial charge is 0.397 e. The van der Waals surface area contributed by atoms with Crippen LogP contribution >= 0.6 is 0 Å². The summed E-state index contributed by atoms with van der Waals surface area (Å²) >= 11 is 0. The molecule has 0 amide bonds. The molecule has 0 rings (SSSR count). The minimum Gasteiger partial charge on any atom is -0.397 e. The zero-order chi connectivity index (χ0) is 11.2. The summed E-state index contributed by atoms with van der Waals surface area (Å²) in [4.78, 5) is 10.5. The topological polar surface area (TPSA) is 37.3 Å². The van der Waals surface area contributed by atoms with Crippen molar-refractivity contribution in [3.8, 4) is 0 Å². The van der Waals surface area contributed by atoms with Gasteiger partial charge >= 0.3 is 0 Å². The van der Waals surface area contributed by atoms with Gasteiger partial charge < -0.3 is 9.90 Å². The van der Waals surface area contributed by atoms with Crippen LogP contribution in [0.15, 0.2) is 0 Å². The van der Waals surface area contributed by atoms with Gasteiger partial charge in [-0.15, -0.1) is 0 Å². The lowest BCUT2D eigenvalue weighted by Crippen LogP contribution is -1.88. The molecule has 1 N–H and O–H groups in total. The van der Waals surface area contributed by atoms with E-state index in [1.165, 1.54) is 32.1 Å². The van der Waals surface area contributed by atoms with Crippen molar-refractivity contribution in [3.05, 3.63) is 0 Å². The summed E-state index contributed by atoms with van der Waals surface area (Å²) in [5, 5.41) is 7.57. The van der Waals surface area contributed by atoms with Gasteiger partial charge in [-0.25, -0.2) is 0 Å². The van der Waals surface area contributed by atoms with Crippen molar-refractivity contribution in [1.82, 2.24) is 0 Å². The normalized spacial score (nSPS) is 9.14. The minimum atomic E-state index is 0.250. The Bertz CT molecular complexity index is 111. The molecule has 86 valence electrons. The Morgan fingerprint density at radius 3 is 1.86 bits per heavy atom. The summed E-state index contributed by atoms with van der Waals surface area (Å²) in [5.74, 6) is 0.334. The Kier molecular flexibility index (Phi) is 17.4. The molecule has 2 heteroatoms. The minimum absolute atomic E-state index is 0.250. The SMILES string of the molecule is CCCCCCCCC(C)=O.CCO. The fraction of sp³-hybridized carbons (Fsp3) is 0.917. The van der Waals surface area contributed by atoms with E-state index in [-0.39, 0.29) is 6.61 Å². The molecule has 14 heavy (non-hydrogen) atoms. The van der Waals surface area contributed by atoms with Gasteiger partial charge in [0.05, 0.1) is 0 Å². The van der Waals surface area contributed by atoms with Crippen LogP contribution in [0.25, 0.3) is 0 Å². The lowest BCUT2D eigenvalue weighted by atomic mass is 10.1. The van der Waals surface area contributed by atoms with E-state index in [0.717, 1.165) is 12.8 Å². The number of carbonyl (C=O) groups excluding carboxylic acids is 1. The standard InChI is InChI=1S/C10H20O.C2H6O/c1-3-4-5-6-7-8-9-10(2)11;1-2-3/h3-9H2,1-2H3;3H,2H2,1H3. The summed E-state index contributed by atoms with van der Waals surface area (Å²) in [6.45, 7) is 5.82. The van der Waals surface area contributed by atoms with Gasteiger partial charge in [0.1, 0.15) is 5.78 Å². The highest BCUT2D eigenvalue weighted by atomic mass is 16.2. The van der Waals surface area contributed by atoms with Crippen molar-refractivity contribution in [2.45, 2.75) is 65.7 Å². The molecular weight excluding hydrogens is 176 g/mol. The number of aliphatic hydroxyl groups is 1. The Hall–Kier alpha value is -0.370.